The average Bonchev–Trinajstić information content (AvgIpc) is 1.90. The highest BCUT2D eigenvalue weighted by Crippen LogP contribution is 1.98. The first kappa shape index (κ1) is 4.92. The maximum Gasteiger partial charge on any atom is 0.172 e. The largest absolute Gasteiger partial charge is 0.488 e. The molecule has 0 saturated heterocycles. The molecule has 0 saturated carbocycles. The first-order valence-electron chi connectivity index (χ1n) is 2.22. The van der Waals surface area contributed by atoms with Gasteiger partial charge in [-0.05, 0) is 6.07 Å². The van der Waals surface area contributed by atoms with Gasteiger partial charge in [0.05, 0.1) is 7.11 Å². The first-order valence-corrected chi connectivity index (χ1v) is 2.22. The van der Waals surface area contributed by atoms with Crippen LogP contribution in [0.5, 0.6) is 5.75 Å². The standard InChI is InChI=1S/C6H5NO/c1-8-6-2-4-7-5-3-6/h2,4H,1H3. The summed E-state index contributed by atoms with van der Waals surface area (Å²) in [5.41, 5.74) is 0. The number of methoxy groups -OCH3 is 1. The van der Waals surface area contributed by atoms with Crippen LogP contribution in [-0.4, -0.2) is 12.1 Å². The molecule has 2 heteroatoms. The van der Waals surface area contributed by atoms with Crippen molar-refractivity contribution < 1.29 is 4.74 Å². The SMILES string of the molecule is COc1c#cncc1. The third-order valence-corrected chi connectivity index (χ3v) is 0.764. The van der Waals surface area contributed by atoms with E-state index in [1.807, 2.05) is 0 Å². The maximum atomic E-state index is 4.79. The lowest BCUT2D eigenvalue weighted by molar-refractivity contribution is 0.414. The van der Waals surface area contributed by atoms with Crippen LogP contribution >= 0.6 is 0 Å². The predicted octanol–water partition coefficient (Wildman–Crippen LogP) is 0.691. The van der Waals surface area contributed by atoms with E-state index in [1.165, 1.54) is 0 Å². The molecule has 1 rings (SSSR count). The lowest BCUT2D eigenvalue weighted by Gasteiger charge is -1.88. The highest BCUT2D eigenvalue weighted by atomic mass is 16.5. The molecule has 0 unspecified atom stereocenters. The van der Waals surface area contributed by atoms with Gasteiger partial charge in [0, 0.05) is 18.5 Å². The zero-order chi connectivity index (χ0) is 5.82. The summed E-state index contributed by atoms with van der Waals surface area (Å²) in [5.74, 6) is 0.667. The summed E-state index contributed by atoms with van der Waals surface area (Å²) in [7, 11) is 1.58. The smallest absolute Gasteiger partial charge is 0.172 e. The lowest BCUT2D eigenvalue weighted by Crippen LogP contribution is -1.78. The van der Waals surface area contributed by atoms with Crippen molar-refractivity contribution >= 4 is 0 Å². The molecule has 0 spiro atoms. The van der Waals surface area contributed by atoms with Gasteiger partial charge in [-0.15, -0.1) is 0 Å². The second kappa shape index (κ2) is 2.17. The van der Waals surface area contributed by atoms with E-state index >= 15 is 0 Å². The summed E-state index contributed by atoms with van der Waals surface area (Å²) in [6.07, 6.45) is 4.12. The molecule has 0 N–H and O–H groups in total. The van der Waals surface area contributed by atoms with E-state index in [-0.39, 0.29) is 0 Å². The van der Waals surface area contributed by atoms with E-state index in [0.717, 1.165) is 0 Å². The van der Waals surface area contributed by atoms with Gasteiger partial charge in [0.15, 0.2) is 5.75 Å². The van der Waals surface area contributed by atoms with Gasteiger partial charge in [0.2, 0.25) is 0 Å². The van der Waals surface area contributed by atoms with Crippen LogP contribution in [0, 0.1) is 12.3 Å². The minimum absolute atomic E-state index is 0.667. The fourth-order valence-electron chi connectivity index (χ4n) is 0.390. The second-order valence-electron chi connectivity index (χ2n) is 1.25. The molecule has 0 aromatic carbocycles. The lowest BCUT2D eigenvalue weighted by atomic mass is 10.5. The Bertz CT molecular complexity index is 150. The van der Waals surface area contributed by atoms with Crippen molar-refractivity contribution in [1.29, 1.82) is 0 Å². The van der Waals surface area contributed by atoms with Crippen LogP contribution in [0.1, 0.15) is 0 Å². The Labute approximate surface area is 48.1 Å². The average molecular weight is 107 g/mol. The summed E-state index contributed by atoms with van der Waals surface area (Å²) in [5, 5.41) is 0. The Balaban J connectivity index is 2.83. The Morgan fingerprint density at radius 2 is 2.62 bits per heavy atom. The zero-order valence-electron chi connectivity index (χ0n) is 4.51. The molecule has 1 aromatic heterocycles. The number of nitrogens with zero attached hydrogens (tertiary/aromatic N) is 1. The molecule has 0 aliphatic heterocycles. The summed E-state index contributed by atoms with van der Waals surface area (Å²) >= 11 is 0. The molecule has 0 aliphatic carbocycles. The summed E-state index contributed by atoms with van der Waals surface area (Å²) in [4.78, 5) is 3.63. The van der Waals surface area contributed by atoms with E-state index in [0.29, 0.717) is 5.75 Å². The van der Waals surface area contributed by atoms with E-state index < -0.39 is 0 Å². The van der Waals surface area contributed by atoms with Crippen molar-refractivity contribution in [1.82, 2.24) is 4.98 Å². The minimum atomic E-state index is 0.667. The number of ether oxygens (including phenoxy) is 1. The van der Waals surface area contributed by atoms with Gasteiger partial charge in [-0.3, -0.25) is 0 Å². The minimum Gasteiger partial charge on any atom is -0.488 e. The fraction of sp³-hybridized carbons (Fsp3) is 0.167. The van der Waals surface area contributed by atoms with Crippen molar-refractivity contribution in [3.63, 3.8) is 0 Å². The molecule has 0 amide bonds. The van der Waals surface area contributed by atoms with Crippen LogP contribution in [0.25, 0.3) is 0 Å². The van der Waals surface area contributed by atoms with Gasteiger partial charge in [-0.25, -0.2) is 4.98 Å². The van der Waals surface area contributed by atoms with Gasteiger partial charge in [0.1, 0.15) is 0 Å². The molecule has 40 valence electrons. The molecule has 0 aliphatic rings. The van der Waals surface area contributed by atoms with Crippen LogP contribution in [0.15, 0.2) is 12.3 Å². The van der Waals surface area contributed by atoms with Crippen LogP contribution in [0.4, 0.5) is 0 Å². The molecule has 2 nitrogen and oxygen atoms in total. The van der Waals surface area contributed by atoms with E-state index in [4.69, 9.17) is 4.74 Å². The van der Waals surface area contributed by atoms with E-state index in [2.05, 4.69) is 17.2 Å². The molecule has 0 fully saturated rings. The first-order chi connectivity index (χ1) is 3.93. The Morgan fingerprint density at radius 3 is 3.00 bits per heavy atom. The van der Waals surface area contributed by atoms with Crippen LogP contribution in [0.3, 0.4) is 0 Å². The Hall–Kier alpha value is -1.23. The van der Waals surface area contributed by atoms with Crippen LogP contribution in [0.2, 0.25) is 0 Å². The number of hydrogen-bond acceptors (Lipinski definition) is 2. The van der Waals surface area contributed by atoms with Gasteiger partial charge in [-0.1, -0.05) is 0 Å². The van der Waals surface area contributed by atoms with E-state index in [9.17, 15) is 0 Å². The summed E-state index contributed by atoms with van der Waals surface area (Å²) in [6, 6.07) is 4.38. The second-order valence-corrected chi connectivity index (χ2v) is 1.25. The zero-order valence-corrected chi connectivity index (χ0v) is 4.51. The number of aromatic nitrogens is 1. The topological polar surface area (TPSA) is 22.1 Å². The van der Waals surface area contributed by atoms with E-state index in [1.54, 1.807) is 19.4 Å². The van der Waals surface area contributed by atoms with Crippen molar-refractivity contribution in [3.05, 3.63) is 24.5 Å². The number of rotatable bonds is 1. The molecule has 0 radical (unpaired) electrons. The molecule has 1 heterocycles. The van der Waals surface area contributed by atoms with Gasteiger partial charge in [-0.2, -0.15) is 0 Å². The molecule has 1 aromatic rings. The van der Waals surface area contributed by atoms with Crippen molar-refractivity contribution in [2.24, 2.45) is 0 Å². The fourth-order valence-corrected chi connectivity index (χ4v) is 0.390. The maximum absolute atomic E-state index is 4.79. The monoisotopic (exact) mass is 107 g/mol. The van der Waals surface area contributed by atoms with Crippen molar-refractivity contribution in [3.8, 4) is 5.75 Å². The number of hydrogen-bond donors (Lipinski definition) is 0. The van der Waals surface area contributed by atoms with Gasteiger partial charge in [0.25, 0.3) is 0 Å². The predicted molar refractivity (Wildman–Crippen MR) is 28.5 cm³/mol. The molecule has 0 atom stereocenters. The normalized spacial score (nSPS) is 7.62. The molecule has 0 bridgehead atoms. The highest BCUT2D eigenvalue weighted by Gasteiger charge is 1.79. The Kier molecular flexibility index (Phi) is 1.34. The van der Waals surface area contributed by atoms with Crippen molar-refractivity contribution in [2.45, 2.75) is 0 Å². The molecule has 8 heavy (non-hydrogen) atoms. The summed E-state index contributed by atoms with van der Waals surface area (Å²) in [6.45, 7) is 0. The highest BCUT2D eigenvalue weighted by molar-refractivity contribution is 5.10. The molecular weight excluding hydrogens is 102 g/mol. The Morgan fingerprint density at radius 1 is 1.75 bits per heavy atom. The van der Waals surface area contributed by atoms with Crippen molar-refractivity contribution in [2.75, 3.05) is 7.11 Å². The quantitative estimate of drug-likeness (QED) is 0.526. The summed E-state index contributed by atoms with van der Waals surface area (Å²) < 4.78 is 4.79. The third-order valence-electron chi connectivity index (χ3n) is 0.764. The third kappa shape index (κ3) is 0.881. The van der Waals surface area contributed by atoms with Gasteiger partial charge >= 0.3 is 0 Å². The van der Waals surface area contributed by atoms with Crippen LogP contribution < -0.4 is 4.74 Å². The molecular formula is C6H5NO. The van der Waals surface area contributed by atoms with Crippen LogP contribution in [-0.2, 0) is 0 Å². The van der Waals surface area contributed by atoms with Gasteiger partial charge < -0.3 is 4.74 Å².